The van der Waals surface area contributed by atoms with Crippen molar-refractivity contribution < 1.29 is 9.84 Å². The van der Waals surface area contributed by atoms with Crippen LogP contribution >= 0.6 is 0 Å². The van der Waals surface area contributed by atoms with Gasteiger partial charge in [0.05, 0.1) is 13.2 Å². The van der Waals surface area contributed by atoms with E-state index in [9.17, 15) is 5.11 Å². The molecular weight excluding hydrogens is 188 g/mol. The maximum Gasteiger partial charge on any atom is 0.118 e. The Bertz CT molecular complexity index is 301. The van der Waals surface area contributed by atoms with Crippen molar-refractivity contribution in [3.05, 3.63) is 42.0 Å². The van der Waals surface area contributed by atoms with E-state index in [4.69, 9.17) is 4.74 Å². The van der Waals surface area contributed by atoms with E-state index in [-0.39, 0.29) is 0 Å². The zero-order valence-electron chi connectivity index (χ0n) is 9.31. The second-order valence-corrected chi connectivity index (χ2v) is 3.43. The summed E-state index contributed by atoms with van der Waals surface area (Å²) in [5.74, 6) is 0.809. The minimum Gasteiger partial charge on any atom is -0.497 e. The Morgan fingerprint density at radius 1 is 1.33 bits per heavy atom. The topological polar surface area (TPSA) is 29.5 Å². The molecule has 1 N–H and O–H groups in total. The molecular formula is C13H18O2. The number of rotatable bonds is 5. The fourth-order valence-electron chi connectivity index (χ4n) is 1.30. The van der Waals surface area contributed by atoms with Gasteiger partial charge in [0.2, 0.25) is 0 Å². The highest BCUT2D eigenvalue weighted by molar-refractivity contribution is 5.29. The Morgan fingerprint density at radius 2 is 2.00 bits per heavy atom. The largest absolute Gasteiger partial charge is 0.497 e. The highest BCUT2D eigenvalue weighted by Gasteiger charge is 2.02. The number of aliphatic hydroxyl groups is 1. The lowest BCUT2D eigenvalue weighted by atomic mass is 10.1. The third-order valence-corrected chi connectivity index (χ3v) is 2.23. The maximum atomic E-state index is 9.78. The first-order chi connectivity index (χ1) is 7.27. The van der Waals surface area contributed by atoms with E-state index in [0.717, 1.165) is 24.2 Å². The first kappa shape index (κ1) is 11.8. The third-order valence-electron chi connectivity index (χ3n) is 2.23. The standard InChI is InChI=1S/C13H18O2/c1-3-4-5-6-13(14)11-7-9-12(15-2)10-8-11/h5-10,13-14H,3-4H2,1-2H3/b6-5+. The normalized spacial score (nSPS) is 13.0. The lowest BCUT2D eigenvalue weighted by Gasteiger charge is -2.06. The van der Waals surface area contributed by atoms with Gasteiger partial charge in [-0.15, -0.1) is 0 Å². The molecule has 0 aromatic heterocycles. The molecule has 2 nitrogen and oxygen atoms in total. The summed E-state index contributed by atoms with van der Waals surface area (Å²) < 4.78 is 5.05. The maximum absolute atomic E-state index is 9.78. The van der Waals surface area contributed by atoms with E-state index in [0.29, 0.717) is 0 Å². The van der Waals surface area contributed by atoms with Crippen molar-refractivity contribution >= 4 is 0 Å². The van der Waals surface area contributed by atoms with Crippen molar-refractivity contribution in [2.24, 2.45) is 0 Å². The molecule has 1 aromatic rings. The van der Waals surface area contributed by atoms with Crippen LogP contribution in [-0.2, 0) is 0 Å². The van der Waals surface area contributed by atoms with Crippen LogP contribution in [0.25, 0.3) is 0 Å². The molecule has 0 spiro atoms. The average Bonchev–Trinajstić information content (AvgIpc) is 2.29. The molecule has 0 aliphatic heterocycles. The van der Waals surface area contributed by atoms with Crippen LogP contribution in [0.1, 0.15) is 31.4 Å². The van der Waals surface area contributed by atoms with E-state index in [1.165, 1.54) is 0 Å². The predicted molar refractivity (Wildman–Crippen MR) is 62.0 cm³/mol. The van der Waals surface area contributed by atoms with E-state index in [1.54, 1.807) is 7.11 Å². The summed E-state index contributed by atoms with van der Waals surface area (Å²) in [5, 5.41) is 9.78. The fraction of sp³-hybridized carbons (Fsp3) is 0.385. The van der Waals surface area contributed by atoms with Crippen molar-refractivity contribution in [2.45, 2.75) is 25.9 Å². The van der Waals surface area contributed by atoms with Crippen molar-refractivity contribution in [3.63, 3.8) is 0 Å². The molecule has 0 bridgehead atoms. The van der Waals surface area contributed by atoms with Gasteiger partial charge < -0.3 is 9.84 Å². The lowest BCUT2D eigenvalue weighted by molar-refractivity contribution is 0.228. The fourth-order valence-corrected chi connectivity index (χ4v) is 1.30. The highest BCUT2D eigenvalue weighted by Crippen LogP contribution is 2.18. The summed E-state index contributed by atoms with van der Waals surface area (Å²) in [6.45, 7) is 2.12. The van der Waals surface area contributed by atoms with Crippen molar-refractivity contribution in [3.8, 4) is 5.75 Å². The Balaban J connectivity index is 2.61. The van der Waals surface area contributed by atoms with Gasteiger partial charge >= 0.3 is 0 Å². The minimum absolute atomic E-state index is 0.512. The van der Waals surface area contributed by atoms with Crippen LogP contribution < -0.4 is 4.74 Å². The summed E-state index contributed by atoms with van der Waals surface area (Å²) in [4.78, 5) is 0. The van der Waals surface area contributed by atoms with E-state index in [1.807, 2.05) is 36.4 Å². The summed E-state index contributed by atoms with van der Waals surface area (Å²) in [6.07, 6.45) is 5.43. The SMILES string of the molecule is CCC/C=C/C(O)c1ccc(OC)cc1. The van der Waals surface area contributed by atoms with Crippen molar-refractivity contribution in [2.75, 3.05) is 7.11 Å². The molecule has 0 amide bonds. The molecule has 82 valence electrons. The first-order valence-corrected chi connectivity index (χ1v) is 5.26. The third kappa shape index (κ3) is 3.76. The van der Waals surface area contributed by atoms with Crippen LogP contribution in [0.15, 0.2) is 36.4 Å². The van der Waals surface area contributed by atoms with Gasteiger partial charge in [-0.3, -0.25) is 0 Å². The molecule has 0 heterocycles. The quantitative estimate of drug-likeness (QED) is 0.750. The van der Waals surface area contributed by atoms with Crippen LogP contribution in [0, 0.1) is 0 Å². The molecule has 1 atom stereocenters. The summed E-state index contributed by atoms with van der Waals surface area (Å²) in [7, 11) is 1.63. The number of allylic oxidation sites excluding steroid dienone is 1. The van der Waals surface area contributed by atoms with Crippen molar-refractivity contribution in [1.29, 1.82) is 0 Å². The Labute approximate surface area is 91.2 Å². The Morgan fingerprint density at radius 3 is 2.53 bits per heavy atom. The van der Waals surface area contributed by atoms with Crippen LogP contribution in [0.4, 0.5) is 0 Å². The van der Waals surface area contributed by atoms with Gasteiger partial charge in [-0.25, -0.2) is 0 Å². The molecule has 0 fully saturated rings. The molecule has 0 aliphatic carbocycles. The second kappa shape index (κ2) is 6.25. The molecule has 0 saturated carbocycles. The zero-order chi connectivity index (χ0) is 11.1. The molecule has 0 radical (unpaired) electrons. The van der Waals surface area contributed by atoms with Gasteiger partial charge in [0.15, 0.2) is 0 Å². The Hall–Kier alpha value is -1.28. The van der Waals surface area contributed by atoms with Gasteiger partial charge in [0.1, 0.15) is 5.75 Å². The lowest BCUT2D eigenvalue weighted by Crippen LogP contribution is -1.93. The molecule has 0 saturated heterocycles. The number of aliphatic hydroxyl groups excluding tert-OH is 1. The summed E-state index contributed by atoms with van der Waals surface area (Å²) in [6, 6.07) is 7.46. The molecule has 15 heavy (non-hydrogen) atoms. The highest BCUT2D eigenvalue weighted by atomic mass is 16.5. The number of ether oxygens (including phenoxy) is 1. The zero-order valence-corrected chi connectivity index (χ0v) is 9.31. The molecule has 2 heteroatoms. The summed E-state index contributed by atoms with van der Waals surface area (Å²) in [5.41, 5.74) is 0.892. The van der Waals surface area contributed by atoms with Gasteiger partial charge in [-0.2, -0.15) is 0 Å². The van der Waals surface area contributed by atoms with Crippen LogP contribution in [0.2, 0.25) is 0 Å². The van der Waals surface area contributed by atoms with Crippen LogP contribution in [0.5, 0.6) is 5.75 Å². The number of benzene rings is 1. The number of methoxy groups -OCH3 is 1. The van der Waals surface area contributed by atoms with E-state index >= 15 is 0 Å². The smallest absolute Gasteiger partial charge is 0.118 e. The average molecular weight is 206 g/mol. The molecule has 1 aromatic carbocycles. The van der Waals surface area contributed by atoms with Gasteiger partial charge in [0, 0.05) is 0 Å². The van der Waals surface area contributed by atoms with Gasteiger partial charge in [0.25, 0.3) is 0 Å². The monoisotopic (exact) mass is 206 g/mol. The molecule has 0 aliphatic rings. The number of unbranched alkanes of at least 4 members (excludes halogenated alkanes) is 1. The van der Waals surface area contributed by atoms with Crippen LogP contribution in [-0.4, -0.2) is 12.2 Å². The molecule has 1 rings (SSSR count). The Kier molecular flexibility index (Phi) is 4.91. The first-order valence-electron chi connectivity index (χ1n) is 5.26. The number of hydrogen-bond donors (Lipinski definition) is 1. The summed E-state index contributed by atoms with van der Waals surface area (Å²) >= 11 is 0. The van der Waals surface area contributed by atoms with E-state index < -0.39 is 6.10 Å². The van der Waals surface area contributed by atoms with Gasteiger partial charge in [-0.05, 0) is 24.1 Å². The van der Waals surface area contributed by atoms with E-state index in [2.05, 4.69) is 6.92 Å². The van der Waals surface area contributed by atoms with Crippen LogP contribution in [0.3, 0.4) is 0 Å². The van der Waals surface area contributed by atoms with Gasteiger partial charge in [-0.1, -0.05) is 37.6 Å². The minimum atomic E-state index is -0.512. The predicted octanol–water partition coefficient (Wildman–Crippen LogP) is 3.08. The number of hydrogen-bond acceptors (Lipinski definition) is 2. The second-order valence-electron chi connectivity index (χ2n) is 3.43. The van der Waals surface area contributed by atoms with Crippen molar-refractivity contribution in [1.82, 2.24) is 0 Å². The molecule has 1 unspecified atom stereocenters.